The molecule has 0 bridgehead atoms. The maximum atomic E-state index is 14.0. The van der Waals surface area contributed by atoms with Crippen LogP contribution in [0.1, 0.15) is 47.2 Å². The van der Waals surface area contributed by atoms with Crippen LogP contribution in [-0.4, -0.2) is 54.9 Å². The highest BCUT2D eigenvalue weighted by Crippen LogP contribution is 2.40. The number of ketones is 1. The summed E-state index contributed by atoms with van der Waals surface area (Å²) < 4.78 is 7.12. The summed E-state index contributed by atoms with van der Waals surface area (Å²) in [6.45, 7) is 7.09. The van der Waals surface area contributed by atoms with E-state index in [0.29, 0.717) is 17.2 Å². The zero-order valence-corrected chi connectivity index (χ0v) is 23.2. The average Bonchev–Trinajstić information content (AvgIpc) is 3.71. The molecule has 4 nitrogen and oxygen atoms in total. The standard InChI is InChI=1S/C32H33ClN2O2S/c33-28-21-24(9-10-25(28)22-35-17-5-6-18-35)31(36)30-27-7-1-2-8-29(27)38-32(30)23-11-13-26(14-12-23)37-20-19-34-15-3-4-16-34/h1-2,7-14,21H,3-6,15-20,22H2. The Morgan fingerprint density at radius 3 is 2.32 bits per heavy atom. The molecule has 0 radical (unpaired) electrons. The predicted octanol–water partition coefficient (Wildman–Crippen LogP) is 7.52. The first kappa shape index (κ1) is 25.6. The van der Waals surface area contributed by atoms with Crippen LogP contribution in [0.15, 0.2) is 66.7 Å². The minimum absolute atomic E-state index is 0.0120. The van der Waals surface area contributed by atoms with Crippen LogP contribution in [0.25, 0.3) is 20.5 Å². The molecular weight excluding hydrogens is 512 g/mol. The Hall–Kier alpha value is -2.70. The number of hydrogen-bond acceptors (Lipinski definition) is 5. The molecule has 6 heteroatoms. The van der Waals surface area contributed by atoms with Crippen molar-refractivity contribution in [3.8, 4) is 16.2 Å². The van der Waals surface area contributed by atoms with Gasteiger partial charge in [-0.15, -0.1) is 11.3 Å². The molecule has 38 heavy (non-hydrogen) atoms. The highest BCUT2D eigenvalue weighted by atomic mass is 35.5. The number of nitrogens with zero attached hydrogens (tertiary/aromatic N) is 2. The first-order valence-electron chi connectivity index (χ1n) is 13.7. The second kappa shape index (κ2) is 11.6. The second-order valence-electron chi connectivity index (χ2n) is 10.3. The molecule has 196 valence electrons. The number of thiophene rings is 1. The van der Waals surface area contributed by atoms with Gasteiger partial charge in [0.05, 0.1) is 0 Å². The summed E-state index contributed by atoms with van der Waals surface area (Å²) in [6.07, 6.45) is 5.07. The van der Waals surface area contributed by atoms with Crippen LogP contribution in [0.2, 0.25) is 5.02 Å². The van der Waals surface area contributed by atoms with Crippen molar-refractivity contribution in [1.82, 2.24) is 9.80 Å². The average molecular weight is 545 g/mol. The lowest BCUT2D eigenvalue weighted by Gasteiger charge is -2.16. The van der Waals surface area contributed by atoms with E-state index < -0.39 is 0 Å². The van der Waals surface area contributed by atoms with Crippen LogP contribution in [0, 0.1) is 0 Å². The summed E-state index contributed by atoms with van der Waals surface area (Å²) >= 11 is 8.36. The fraction of sp³-hybridized carbons (Fsp3) is 0.344. The third-order valence-corrected chi connectivity index (χ3v) is 9.29. The lowest BCUT2D eigenvalue weighted by molar-refractivity contribution is 0.104. The van der Waals surface area contributed by atoms with E-state index in [1.165, 1.54) is 38.8 Å². The van der Waals surface area contributed by atoms with E-state index >= 15 is 0 Å². The molecule has 4 aromatic rings. The van der Waals surface area contributed by atoms with E-state index in [4.69, 9.17) is 16.3 Å². The van der Waals surface area contributed by atoms with Crippen LogP contribution in [0.4, 0.5) is 0 Å². The number of likely N-dealkylation sites (tertiary alicyclic amines) is 2. The molecule has 0 amide bonds. The monoisotopic (exact) mass is 544 g/mol. The number of carbonyl (C=O) groups is 1. The molecule has 2 aliphatic rings. The molecule has 3 aromatic carbocycles. The van der Waals surface area contributed by atoms with Gasteiger partial charge in [0.15, 0.2) is 5.78 Å². The molecule has 0 aliphatic carbocycles. The van der Waals surface area contributed by atoms with Crippen LogP contribution >= 0.6 is 22.9 Å². The van der Waals surface area contributed by atoms with Crippen LogP contribution in [-0.2, 0) is 6.54 Å². The summed E-state index contributed by atoms with van der Waals surface area (Å²) in [5, 5.41) is 1.65. The van der Waals surface area contributed by atoms with Crippen molar-refractivity contribution < 1.29 is 9.53 Å². The van der Waals surface area contributed by atoms with Gasteiger partial charge < -0.3 is 4.74 Å². The number of fused-ring (bicyclic) bond motifs is 1. The maximum absolute atomic E-state index is 14.0. The SMILES string of the molecule is O=C(c1ccc(CN2CCCC2)c(Cl)c1)c1c(-c2ccc(OCCN3CCCC3)cc2)sc2ccccc12. The molecular formula is C32H33ClN2O2S. The Morgan fingerprint density at radius 2 is 1.58 bits per heavy atom. The molecule has 3 heterocycles. The molecule has 2 saturated heterocycles. The predicted molar refractivity (Wildman–Crippen MR) is 158 cm³/mol. The van der Waals surface area contributed by atoms with Crippen molar-refractivity contribution in [2.24, 2.45) is 0 Å². The van der Waals surface area contributed by atoms with Crippen molar-refractivity contribution in [2.45, 2.75) is 32.2 Å². The number of rotatable bonds is 9. The number of carbonyl (C=O) groups excluding carboxylic acids is 1. The number of ether oxygens (including phenoxy) is 1. The zero-order valence-electron chi connectivity index (χ0n) is 21.6. The van der Waals surface area contributed by atoms with Gasteiger partial charge >= 0.3 is 0 Å². The summed E-state index contributed by atoms with van der Waals surface area (Å²) in [7, 11) is 0. The normalized spacial score (nSPS) is 16.4. The molecule has 1 aromatic heterocycles. The highest BCUT2D eigenvalue weighted by molar-refractivity contribution is 7.22. The van der Waals surface area contributed by atoms with Crippen molar-refractivity contribution in [1.29, 1.82) is 0 Å². The van der Waals surface area contributed by atoms with Crippen molar-refractivity contribution in [2.75, 3.05) is 39.3 Å². The fourth-order valence-electron chi connectivity index (χ4n) is 5.62. The molecule has 0 spiro atoms. The molecule has 6 rings (SSSR count). The summed E-state index contributed by atoms with van der Waals surface area (Å²) in [5.74, 6) is 0.875. The van der Waals surface area contributed by atoms with Crippen LogP contribution < -0.4 is 4.74 Å². The molecule has 0 saturated carbocycles. The Bertz CT molecular complexity index is 1420. The van der Waals surface area contributed by atoms with Gasteiger partial charge in [-0.2, -0.15) is 0 Å². The van der Waals surface area contributed by atoms with Gasteiger partial charge in [-0.1, -0.05) is 41.9 Å². The van der Waals surface area contributed by atoms with E-state index in [-0.39, 0.29) is 5.78 Å². The molecule has 2 fully saturated rings. The third kappa shape index (κ3) is 5.52. The number of benzene rings is 3. The first-order chi connectivity index (χ1) is 18.7. The lowest BCUT2D eigenvalue weighted by atomic mass is 9.97. The van der Waals surface area contributed by atoms with Crippen LogP contribution in [0.3, 0.4) is 0 Å². The minimum atomic E-state index is 0.0120. The van der Waals surface area contributed by atoms with Gasteiger partial charge in [-0.25, -0.2) is 0 Å². The molecule has 0 unspecified atom stereocenters. The molecule has 2 aliphatic heterocycles. The van der Waals surface area contributed by atoms with Crippen molar-refractivity contribution in [3.63, 3.8) is 0 Å². The third-order valence-electron chi connectivity index (χ3n) is 7.72. The number of halogens is 1. The Balaban J connectivity index is 1.25. The zero-order chi connectivity index (χ0) is 25.9. The van der Waals surface area contributed by atoms with E-state index in [0.717, 1.165) is 63.6 Å². The van der Waals surface area contributed by atoms with Crippen LogP contribution in [0.5, 0.6) is 5.75 Å². The van der Waals surface area contributed by atoms with Gasteiger partial charge in [0.2, 0.25) is 0 Å². The van der Waals surface area contributed by atoms with Gasteiger partial charge in [-0.05, 0) is 99.4 Å². The maximum Gasteiger partial charge on any atom is 0.195 e. The summed E-state index contributed by atoms with van der Waals surface area (Å²) in [5.41, 5.74) is 3.49. The second-order valence-corrected chi connectivity index (χ2v) is 11.8. The van der Waals surface area contributed by atoms with Gasteiger partial charge in [-0.3, -0.25) is 14.6 Å². The van der Waals surface area contributed by atoms with Crippen molar-refractivity contribution >= 4 is 38.8 Å². The summed E-state index contributed by atoms with van der Waals surface area (Å²) in [6, 6.07) is 22.1. The van der Waals surface area contributed by atoms with Gasteiger partial charge in [0, 0.05) is 44.2 Å². The van der Waals surface area contributed by atoms with E-state index in [1.807, 2.05) is 48.5 Å². The topological polar surface area (TPSA) is 32.8 Å². The lowest BCUT2D eigenvalue weighted by Crippen LogP contribution is -2.25. The quantitative estimate of drug-likeness (QED) is 0.204. The first-order valence-corrected chi connectivity index (χ1v) is 14.9. The largest absolute Gasteiger partial charge is 0.492 e. The Labute approximate surface area is 233 Å². The summed E-state index contributed by atoms with van der Waals surface area (Å²) in [4.78, 5) is 19.8. The molecule has 0 N–H and O–H groups in total. The van der Waals surface area contributed by atoms with Gasteiger partial charge in [0.1, 0.15) is 12.4 Å². The van der Waals surface area contributed by atoms with Gasteiger partial charge in [0.25, 0.3) is 0 Å². The van der Waals surface area contributed by atoms with E-state index in [2.05, 4.69) is 28.0 Å². The fourth-order valence-corrected chi connectivity index (χ4v) is 7.06. The minimum Gasteiger partial charge on any atom is -0.492 e. The smallest absolute Gasteiger partial charge is 0.195 e. The van der Waals surface area contributed by atoms with E-state index in [1.54, 1.807) is 11.3 Å². The van der Waals surface area contributed by atoms with Crippen molar-refractivity contribution in [3.05, 3.63) is 88.4 Å². The Kier molecular flexibility index (Phi) is 7.80. The highest BCUT2D eigenvalue weighted by Gasteiger charge is 2.23. The molecule has 0 atom stereocenters. The number of hydrogen-bond donors (Lipinski definition) is 0. The van der Waals surface area contributed by atoms with E-state index in [9.17, 15) is 4.79 Å². The Morgan fingerprint density at radius 1 is 0.868 bits per heavy atom.